The molecular weight excluding hydrogens is 634 g/mol. The highest BCUT2D eigenvalue weighted by atomic mass is 16.6. The summed E-state index contributed by atoms with van der Waals surface area (Å²) in [6, 6.07) is 25.9. The number of aromatic amines is 1. The molecule has 11 nitrogen and oxygen atoms in total. The Hall–Kier alpha value is -5.16. The summed E-state index contributed by atoms with van der Waals surface area (Å²) < 4.78 is 5.24. The fraction of sp³-hybridized carbons (Fsp3) is 0.385. The van der Waals surface area contributed by atoms with E-state index in [9.17, 15) is 19.2 Å². The maximum atomic E-state index is 13.7. The van der Waals surface area contributed by atoms with Crippen molar-refractivity contribution in [3.8, 4) is 0 Å². The predicted octanol–water partition coefficient (Wildman–Crippen LogP) is 5.71. The van der Waals surface area contributed by atoms with Crippen LogP contribution in [0.2, 0.25) is 0 Å². The van der Waals surface area contributed by atoms with Crippen LogP contribution in [-0.2, 0) is 43.6 Å². The summed E-state index contributed by atoms with van der Waals surface area (Å²) in [4.78, 5) is 60.6. The normalized spacial score (nSPS) is 12.2. The van der Waals surface area contributed by atoms with E-state index in [1.807, 2.05) is 105 Å². The van der Waals surface area contributed by atoms with E-state index in [-0.39, 0.29) is 43.8 Å². The van der Waals surface area contributed by atoms with Gasteiger partial charge in [-0.25, -0.2) is 10.3 Å². The molecule has 0 aliphatic heterocycles. The van der Waals surface area contributed by atoms with Crippen molar-refractivity contribution in [3.05, 3.63) is 108 Å². The molecular formula is C39H49N5O6. The van der Waals surface area contributed by atoms with Crippen molar-refractivity contribution >= 4 is 34.7 Å². The van der Waals surface area contributed by atoms with E-state index in [0.717, 1.165) is 40.4 Å². The van der Waals surface area contributed by atoms with Crippen molar-refractivity contribution in [2.75, 3.05) is 13.1 Å². The van der Waals surface area contributed by atoms with Crippen molar-refractivity contribution in [2.24, 2.45) is 11.8 Å². The average Bonchev–Trinajstić information content (AvgIpc) is 3.53. The van der Waals surface area contributed by atoms with Gasteiger partial charge < -0.3 is 25.7 Å². The maximum Gasteiger partial charge on any atom is 0.407 e. The van der Waals surface area contributed by atoms with Crippen LogP contribution in [0.25, 0.3) is 10.9 Å². The Bertz CT molecular complexity index is 1640. The summed E-state index contributed by atoms with van der Waals surface area (Å²) in [7, 11) is 0. The number of para-hydroxylation sites is 1. The number of benzene rings is 3. The second kappa shape index (κ2) is 20.4. The zero-order valence-corrected chi connectivity index (χ0v) is 28.9. The highest BCUT2D eigenvalue weighted by Gasteiger charge is 2.28. The van der Waals surface area contributed by atoms with Crippen LogP contribution in [0.5, 0.6) is 0 Å². The lowest BCUT2D eigenvalue weighted by Gasteiger charge is -2.23. The summed E-state index contributed by atoms with van der Waals surface area (Å²) in [5.74, 6) is -1.57. The van der Waals surface area contributed by atoms with E-state index in [2.05, 4.69) is 26.4 Å². The number of H-pyrrole nitrogens is 1. The van der Waals surface area contributed by atoms with Gasteiger partial charge in [-0.1, -0.05) is 92.7 Å². The molecule has 3 aromatic carbocycles. The first kappa shape index (κ1) is 37.7. The third kappa shape index (κ3) is 13.0. The van der Waals surface area contributed by atoms with Gasteiger partial charge >= 0.3 is 6.09 Å². The van der Waals surface area contributed by atoms with Crippen molar-refractivity contribution in [1.29, 1.82) is 0 Å². The van der Waals surface area contributed by atoms with Gasteiger partial charge in [0.15, 0.2) is 0 Å². The van der Waals surface area contributed by atoms with Crippen LogP contribution < -0.4 is 21.4 Å². The Morgan fingerprint density at radius 2 is 1.38 bits per heavy atom. The molecule has 1 heterocycles. The molecule has 4 rings (SSSR count). The zero-order valence-electron chi connectivity index (χ0n) is 28.9. The number of ether oxygens (including phenoxy) is 1. The monoisotopic (exact) mass is 683 g/mol. The maximum absolute atomic E-state index is 13.7. The molecule has 2 atom stereocenters. The van der Waals surface area contributed by atoms with Gasteiger partial charge in [-0.3, -0.25) is 19.2 Å². The van der Waals surface area contributed by atoms with Crippen molar-refractivity contribution in [2.45, 2.75) is 71.6 Å². The molecule has 0 saturated carbocycles. The number of unbranched alkanes of at least 4 members (excludes halogenated alkanes) is 2. The third-order valence-corrected chi connectivity index (χ3v) is 8.19. The van der Waals surface area contributed by atoms with E-state index in [1.54, 1.807) is 0 Å². The number of hydroxylamine groups is 1. The van der Waals surface area contributed by atoms with Crippen LogP contribution in [0.1, 0.15) is 62.6 Å². The van der Waals surface area contributed by atoms with Gasteiger partial charge in [0.25, 0.3) is 0 Å². The fourth-order valence-electron chi connectivity index (χ4n) is 5.64. The molecule has 4 aromatic rings. The van der Waals surface area contributed by atoms with Crippen molar-refractivity contribution in [1.82, 2.24) is 26.4 Å². The molecule has 0 spiro atoms. The topological polar surface area (TPSA) is 151 Å². The summed E-state index contributed by atoms with van der Waals surface area (Å²) in [6.07, 6.45) is 4.25. The van der Waals surface area contributed by atoms with Crippen LogP contribution in [0.15, 0.2) is 91.1 Å². The first-order valence-corrected chi connectivity index (χ1v) is 17.3. The molecule has 0 saturated heterocycles. The Morgan fingerprint density at radius 3 is 2.08 bits per heavy atom. The standard InChI is InChI=1S/C39H49N5O6/c1-28(2)22-31(24-36(45)44-50-27-30-16-8-4-9-17-30)37(46)43-35(23-32-25-42-34-19-11-10-18-33(32)34)38(47)40-20-12-5-13-21-41-39(48)49-26-29-14-6-3-7-15-29/h3-4,6-11,14-19,25,28,31,35,42H,5,12-13,20-24,26-27H2,1-2H3,(H,40,47)(H,41,48)(H,43,46)(H,44,45)/t31?,35-/m1/s1. The Morgan fingerprint density at radius 1 is 0.740 bits per heavy atom. The van der Waals surface area contributed by atoms with Gasteiger partial charge in [-0.05, 0) is 54.4 Å². The molecule has 0 aliphatic carbocycles. The predicted molar refractivity (Wildman–Crippen MR) is 192 cm³/mol. The molecule has 1 unspecified atom stereocenters. The average molecular weight is 684 g/mol. The van der Waals surface area contributed by atoms with Crippen molar-refractivity contribution in [3.63, 3.8) is 0 Å². The molecule has 0 bridgehead atoms. The molecule has 5 N–H and O–H groups in total. The van der Waals surface area contributed by atoms with E-state index >= 15 is 0 Å². The highest BCUT2D eigenvalue weighted by Crippen LogP contribution is 2.21. The zero-order chi connectivity index (χ0) is 35.6. The molecule has 4 amide bonds. The smallest absolute Gasteiger partial charge is 0.407 e. The number of hydrogen-bond donors (Lipinski definition) is 5. The van der Waals surface area contributed by atoms with E-state index in [4.69, 9.17) is 9.57 Å². The lowest BCUT2D eigenvalue weighted by Crippen LogP contribution is -2.50. The molecule has 0 fully saturated rings. The minimum atomic E-state index is -0.852. The van der Waals surface area contributed by atoms with E-state index < -0.39 is 24.0 Å². The van der Waals surface area contributed by atoms with Crippen LogP contribution in [-0.4, -0.2) is 47.9 Å². The lowest BCUT2D eigenvalue weighted by molar-refractivity contribution is -0.139. The number of alkyl carbamates (subject to hydrolysis) is 1. The molecule has 266 valence electrons. The van der Waals surface area contributed by atoms with Gasteiger partial charge in [0.05, 0.1) is 6.61 Å². The first-order valence-electron chi connectivity index (χ1n) is 17.3. The second-order valence-corrected chi connectivity index (χ2v) is 12.8. The summed E-state index contributed by atoms with van der Waals surface area (Å²) >= 11 is 0. The number of fused-ring (bicyclic) bond motifs is 1. The molecule has 1 aromatic heterocycles. The Labute approximate surface area is 293 Å². The largest absolute Gasteiger partial charge is 0.445 e. The van der Waals surface area contributed by atoms with Gasteiger partial charge in [-0.15, -0.1) is 0 Å². The number of amides is 4. The Balaban J connectivity index is 1.27. The van der Waals surface area contributed by atoms with E-state index in [1.165, 1.54) is 0 Å². The van der Waals surface area contributed by atoms with Crippen LogP contribution in [0.4, 0.5) is 4.79 Å². The highest BCUT2D eigenvalue weighted by molar-refractivity contribution is 5.91. The first-order chi connectivity index (χ1) is 24.3. The SMILES string of the molecule is CC(C)CC(CC(=O)NOCc1ccccc1)C(=O)N[C@H](Cc1c[nH]c2ccccc12)C(=O)NCCCCCNC(=O)OCc1ccccc1. The minimum absolute atomic E-state index is 0.0753. The number of carbonyl (C=O) groups excluding carboxylic acids is 4. The van der Waals surface area contributed by atoms with Gasteiger partial charge in [0.1, 0.15) is 12.6 Å². The minimum Gasteiger partial charge on any atom is -0.445 e. The van der Waals surface area contributed by atoms with Gasteiger partial charge in [0.2, 0.25) is 17.7 Å². The number of rotatable bonds is 20. The summed E-state index contributed by atoms with van der Waals surface area (Å²) in [6.45, 7) is 5.27. The number of hydrogen-bond acceptors (Lipinski definition) is 6. The van der Waals surface area contributed by atoms with Gasteiger partial charge in [0, 0.05) is 48.9 Å². The number of carbonyl (C=O) groups is 4. The number of aromatic nitrogens is 1. The Kier molecular flexibility index (Phi) is 15.3. The van der Waals surface area contributed by atoms with E-state index in [0.29, 0.717) is 25.9 Å². The molecule has 0 radical (unpaired) electrons. The summed E-state index contributed by atoms with van der Waals surface area (Å²) in [5.41, 5.74) is 6.13. The molecule has 50 heavy (non-hydrogen) atoms. The van der Waals surface area contributed by atoms with Crippen LogP contribution in [0.3, 0.4) is 0 Å². The van der Waals surface area contributed by atoms with Crippen LogP contribution in [0, 0.1) is 11.8 Å². The van der Waals surface area contributed by atoms with Gasteiger partial charge in [-0.2, -0.15) is 0 Å². The van der Waals surface area contributed by atoms with Crippen LogP contribution >= 0.6 is 0 Å². The molecule has 0 aliphatic rings. The fourth-order valence-corrected chi connectivity index (χ4v) is 5.64. The second-order valence-electron chi connectivity index (χ2n) is 12.8. The molecule has 11 heteroatoms. The lowest BCUT2D eigenvalue weighted by atomic mass is 9.92. The quantitative estimate of drug-likeness (QED) is 0.0595. The third-order valence-electron chi connectivity index (χ3n) is 8.19. The van der Waals surface area contributed by atoms with Crippen molar-refractivity contribution < 1.29 is 28.8 Å². The number of nitrogens with one attached hydrogen (secondary N) is 5. The summed E-state index contributed by atoms with van der Waals surface area (Å²) in [5, 5.41) is 9.67.